The van der Waals surface area contributed by atoms with Gasteiger partial charge in [0.2, 0.25) is 0 Å². The standard InChI is InChI=1S/C13H22N4/c1-9(2)13-11-4-5-14-6-12(11)17(15-13)10-7-16(3)8-10/h9-10,14H,4-8H2,1-3H3. The summed E-state index contributed by atoms with van der Waals surface area (Å²) in [4.78, 5) is 2.35. The molecule has 0 radical (unpaired) electrons. The van der Waals surface area contributed by atoms with Gasteiger partial charge in [0.05, 0.1) is 17.4 Å². The fourth-order valence-electron chi connectivity index (χ4n) is 2.99. The van der Waals surface area contributed by atoms with Gasteiger partial charge in [-0.25, -0.2) is 0 Å². The SMILES string of the molecule is CC(C)c1nn(C2CN(C)C2)c2c1CCNC2. The molecule has 3 heterocycles. The van der Waals surface area contributed by atoms with Gasteiger partial charge < -0.3 is 10.2 Å². The summed E-state index contributed by atoms with van der Waals surface area (Å²) in [6.07, 6.45) is 1.14. The van der Waals surface area contributed by atoms with Gasteiger partial charge >= 0.3 is 0 Å². The highest BCUT2D eigenvalue weighted by atomic mass is 15.4. The number of likely N-dealkylation sites (tertiary alicyclic amines) is 1. The maximum absolute atomic E-state index is 4.90. The Morgan fingerprint density at radius 2 is 2.12 bits per heavy atom. The molecule has 2 aliphatic heterocycles. The summed E-state index contributed by atoms with van der Waals surface area (Å²) in [5, 5.41) is 8.37. The lowest BCUT2D eigenvalue weighted by atomic mass is 9.99. The van der Waals surface area contributed by atoms with Gasteiger partial charge in [0.1, 0.15) is 0 Å². The second-order valence-corrected chi connectivity index (χ2v) is 5.71. The molecule has 4 nitrogen and oxygen atoms in total. The molecule has 0 bridgehead atoms. The Hall–Kier alpha value is -0.870. The lowest BCUT2D eigenvalue weighted by molar-refractivity contribution is 0.127. The smallest absolute Gasteiger partial charge is 0.0776 e. The molecule has 0 spiro atoms. The highest BCUT2D eigenvalue weighted by Crippen LogP contribution is 2.29. The van der Waals surface area contributed by atoms with Crippen LogP contribution >= 0.6 is 0 Å². The Kier molecular flexibility index (Phi) is 2.71. The minimum absolute atomic E-state index is 0.543. The normalized spacial score (nSPS) is 21.6. The summed E-state index contributed by atoms with van der Waals surface area (Å²) in [5.74, 6) is 0.543. The van der Waals surface area contributed by atoms with Crippen molar-refractivity contribution in [2.45, 2.75) is 38.8 Å². The van der Waals surface area contributed by atoms with E-state index < -0.39 is 0 Å². The van der Waals surface area contributed by atoms with Crippen molar-refractivity contribution in [2.75, 3.05) is 26.7 Å². The van der Waals surface area contributed by atoms with Crippen LogP contribution in [0.3, 0.4) is 0 Å². The number of nitrogens with zero attached hydrogens (tertiary/aromatic N) is 3. The lowest BCUT2D eigenvalue weighted by Gasteiger charge is -2.37. The number of hydrogen-bond donors (Lipinski definition) is 1. The molecule has 3 rings (SSSR count). The van der Waals surface area contributed by atoms with E-state index in [0.29, 0.717) is 12.0 Å². The van der Waals surface area contributed by atoms with E-state index in [9.17, 15) is 0 Å². The van der Waals surface area contributed by atoms with Crippen LogP contribution in [0.25, 0.3) is 0 Å². The summed E-state index contributed by atoms with van der Waals surface area (Å²) in [6, 6.07) is 0.598. The first-order valence-electron chi connectivity index (χ1n) is 6.66. The van der Waals surface area contributed by atoms with Gasteiger partial charge in [-0.15, -0.1) is 0 Å². The van der Waals surface area contributed by atoms with E-state index in [1.807, 2.05) is 0 Å². The zero-order valence-corrected chi connectivity index (χ0v) is 11.0. The van der Waals surface area contributed by atoms with Crippen LogP contribution in [-0.2, 0) is 13.0 Å². The second kappa shape index (κ2) is 4.10. The molecule has 0 atom stereocenters. The Labute approximate surface area is 103 Å². The van der Waals surface area contributed by atoms with Gasteiger partial charge in [-0.05, 0) is 31.5 Å². The number of nitrogens with one attached hydrogen (secondary N) is 1. The summed E-state index contributed by atoms with van der Waals surface area (Å²) >= 11 is 0. The molecule has 0 aromatic carbocycles. The molecular weight excluding hydrogens is 212 g/mol. The maximum Gasteiger partial charge on any atom is 0.0776 e. The Balaban J connectivity index is 1.97. The van der Waals surface area contributed by atoms with Crippen molar-refractivity contribution in [2.24, 2.45) is 0 Å². The molecule has 2 aliphatic rings. The molecule has 1 saturated heterocycles. The fraction of sp³-hybridized carbons (Fsp3) is 0.769. The predicted molar refractivity (Wildman–Crippen MR) is 68.3 cm³/mol. The number of fused-ring (bicyclic) bond motifs is 1. The van der Waals surface area contributed by atoms with Crippen molar-refractivity contribution >= 4 is 0 Å². The van der Waals surface area contributed by atoms with E-state index in [4.69, 9.17) is 5.10 Å². The van der Waals surface area contributed by atoms with E-state index in [1.54, 1.807) is 0 Å². The van der Waals surface area contributed by atoms with Crippen LogP contribution in [0, 0.1) is 0 Å². The van der Waals surface area contributed by atoms with Crippen LogP contribution in [0.15, 0.2) is 0 Å². The molecule has 17 heavy (non-hydrogen) atoms. The van der Waals surface area contributed by atoms with Gasteiger partial charge in [-0.3, -0.25) is 4.68 Å². The van der Waals surface area contributed by atoms with Gasteiger partial charge in [-0.2, -0.15) is 5.10 Å². The van der Waals surface area contributed by atoms with Crippen LogP contribution in [0.5, 0.6) is 0 Å². The molecule has 94 valence electrons. The van der Waals surface area contributed by atoms with Gasteiger partial charge in [-0.1, -0.05) is 13.8 Å². The highest BCUT2D eigenvalue weighted by molar-refractivity contribution is 5.31. The molecule has 0 amide bonds. The van der Waals surface area contributed by atoms with E-state index >= 15 is 0 Å². The molecule has 0 aliphatic carbocycles. The summed E-state index contributed by atoms with van der Waals surface area (Å²) in [6.45, 7) is 8.89. The first-order valence-corrected chi connectivity index (χ1v) is 6.66. The van der Waals surface area contributed by atoms with Crippen LogP contribution < -0.4 is 5.32 Å². The third kappa shape index (κ3) is 1.79. The Morgan fingerprint density at radius 1 is 1.35 bits per heavy atom. The van der Waals surface area contributed by atoms with Crippen molar-refractivity contribution in [3.63, 3.8) is 0 Å². The van der Waals surface area contributed by atoms with Gasteiger partial charge in [0.15, 0.2) is 0 Å². The number of aromatic nitrogens is 2. The molecule has 0 unspecified atom stereocenters. The first kappa shape index (κ1) is 11.2. The molecular formula is C13H22N4. The zero-order valence-electron chi connectivity index (χ0n) is 11.0. The number of likely N-dealkylation sites (N-methyl/N-ethyl adjacent to an activating group) is 1. The average Bonchev–Trinajstić information content (AvgIpc) is 2.64. The third-order valence-corrected chi connectivity index (χ3v) is 3.93. The average molecular weight is 234 g/mol. The van der Waals surface area contributed by atoms with Gasteiger partial charge in [0, 0.05) is 19.6 Å². The van der Waals surface area contributed by atoms with E-state index in [0.717, 1.165) is 32.6 Å². The first-order chi connectivity index (χ1) is 8.16. The van der Waals surface area contributed by atoms with Crippen molar-refractivity contribution in [3.8, 4) is 0 Å². The Morgan fingerprint density at radius 3 is 2.76 bits per heavy atom. The molecule has 1 aromatic heterocycles. The second-order valence-electron chi connectivity index (χ2n) is 5.71. The molecule has 1 fully saturated rings. The van der Waals surface area contributed by atoms with E-state index in [2.05, 4.69) is 35.8 Å². The fourth-order valence-corrected chi connectivity index (χ4v) is 2.99. The summed E-state index contributed by atoms with van der Waals surface area (Å²) in [5.41, 5.74) is 4.29. The van der Waals surface area contributed by atoms with Crippen LogP contribution in [0.2, 0.25) is 0 Å². The molecule has 4 heteroatoms. The molecule has 0 saturated carbocycles. The molecule has 1 N–H and O–H groups in total. The van der Waals surface area contributed by atoms with Crippen LogP contribution in [-0.4, -0.2) is 41.4 Å². The minimum Gasteiger partial charge on any atom is -0.311 e. The highest BCUT2D eigenvalue weighted by Gasteiger charge is 2.31. The minimum atomic E-state index is 0.543. The lowest BCUT2D eigenvalue weighted by Crippen LogP contribution is -2.46. The van der Waals surface area contributed by atoms with Crippen LogP contribution in [0.4, 0.5) is 0 Å². The zero-order chi connectivity index (χ0) is 12.0. The largest absolute Gasteiger partial charge is 0.311 e. The van der Waals surface area contributed by atoms with Gasteiger partial charge in [0.25, 0.3) is 0 Å². The quantitative estimate of drug-likeness (QED) is 0.833. The predicted octanol–water partition coefficient (Wildman–Crippen LogP) is 1.14. The van der Waals surface area contributed by atoms with Crippen molar-refractivity contribution in [3.05, 3.63) is 17.0 Å². The number of rotatable bonds is 2. The summed E-state index contributed by atoms with van der Waals surface area (Å²) < 4.78 is 2.30. The van der Waals surface area contributed by atoms with Crippen molar-refractivity contribution < 1.29 is 0 Å². The molecule has 1 aromatic rings. The van der Waals surface area contributed by atoms with Crippen molar-refractivity contribution in [1.29, 1.82) is 0 Å². The third-order valence-electron chi connectivity index (χ3n) is 3.93. The van der Waals surface area contributed by atoms with Crippen molar-refractivity contribution in [1.82, 2.24) is 20.0 Å². The van der Waals surface area contributed by atoms with Crippen LogP contribution in [0.1, 0.15) is 42.8 Å². The summed E-state index contributed by atoms with van der Waals surface area (Å²) in [7, 11) is 2.17. The van der Waals surface area contributed by atoms with E-state index in [1.165, 1.54) is 17.0 Å². The van der Waals surface area contributed by atoms with E-state index in [-0.39, 0.29) is 0 Å². The number of hydrogen-bond acceptors (Lipinski definition) is 3. The maximum atomic E-state index is 4.90. The topological polar surface area (TPSA) is 33.1 Å². The monoisotopic (exact) mass is 234 g/mol. The Bertz CT molecular complexity index is 415.